The van der Waals surface area contributed by atoms with Crippen LogP contribution in [0.2, 0.25) is 5.02 Å². The Hall–Kier alpha value is -1.82. The average molecular weight is 326 g/mol. The molecule has 1 N–H and O–H groups in total. The molecule has 2 atom stereocenters. The predicted octanol–water partition coefficient (Wildman–Crippen LogP) is 3.45. The number of hydrogen-bond donors (Lipinski definition) is 1. The molecule has 0 aromatic heterocycles. The molecule has 0 radical (unpaired) electrons. The first-order valence-electron chi connectivity index (χ1n) is 7.41. The van der Waals surface area contributed by atoms with Crippen molar-refractivity contribution in [2.24, 2.45) is 0 Å². The highest BCUT2D eigenvalue weighted by Gasteiger charge is 2.27. The molecule has 0 aliphatic carbocycles. The van der Waals surface area contributed by atoms with Crippen molar-refractivity contribution in [1.82, 2.24) is 4.90 Å². The number of halogens is 1. The van der Waals surface area contributed by atoms with Gasteiger partial charge in [-0.2, -0.15) is 0 Å². The number of rotatable bonds is 4. The largest absolute Gasteiger partial charge is 0.373 e. The van der Waals surface area contributed by atoms with Gasteiger partial charge in [-0.05, 0) is 39.2 Å². The lowest BCUT2D eigenvalue weighted by Gasteiger charge is -2.35. The maximum absolute atomic E-state index is 12.5. The normalized spacial score (nSPS) is 19.6. The van der Waals surface area contributed by atoms with E-state index in [4.69, 9.17) is 11.6 Å². The van der Waals surface area contributed by atoms with Crippen LogP contribution in [0.4, 0.5) is 11.4 Å². The molecule has 1 aromatic rings. The van der Waals surface area contributed by atoms with Gasteiger partial charge in [-0.1, -0.05) is 11.6 Å². The lowest BCUT2D eigenvalue weighted by molar-refractivity contribution is -0.384. The Labute approximate surface area is 134 Å². The Kier molecular flexibility index (Phi) is 5.24. The number of likely N-dealkylation sites (tertiary alicyclic amines) is 1. The van der Waals surface area contributed by atoms with Gasteiger partial charge >= 0.3 is 0 Å². The standard InChI is InChI=1S/C15H20ClN3O3/c1-10-5-3-4-8-18(10)15(20)11(2)17-14-7-6-12(19(21)22)9-13(14)16/h6-7,9-11,17H,3-5,8H2,1-2H3. The zero-order chi connectivity index (χ0) is 16.3. The molecule has 2 unspecified atom stereocenters. The summed E-state index contributed by atoms with van der Waals surface area (Å²) < 4.78 is 0. The van der Waals surface area contributed by atoms with Crippen LogP contribution in [0, 0.1) is 10.1 Å². The van der Waals surface area contributed by atoms with Crippen molar-refractivity contribution in [2.75, 3.05) is 11.9 Å². The first-order chi connectivity index (χ1) is 10.4. The summed E-state index contributed by atoms with van der Waals surface area (Å²) in [6.45, 7) is 4.62. The number of piperidine rings is 1. The van der Waals surface area contributed by atoms with E-state index in [1.807, 2.05) is 4.90 Å². The molecule has 0 bridgehead atoms. The molecule has 1 amide bonds. The second-order valence-corrected chi connectivity index (χ2v) is 6.07. The minimum Gasteiger partial charge on any atom is -0.373 e. The maximum atomic E-state index is 12.5. The van der Waals surface area contributed by atoms with E-state index in [2.05, 4.69) is 12.2 Å². The van der Waals surface area contributed by atoms with Crippen LogP contribution in [0.25, 0.3) is 0 Å². The highest BCUT2D eigenvalue weighted by atomic mass is 35.5. The summed E-state index contributed by atoms with van der Waals surface area (Å²) in [4.78, 5) is 24.6. The first-order valence-corrected chi connectivity index (χ1v) is 7.79. The summed E-state index contributed by atoms with van der Waals surface area (Å²) in [5, 5.41) is 14.0. The summed E-state index contributed by atoms with van der Waals surface area (Å²) in [5.41, 5.74) is 0.456. The molecule has 7 heteroatoms. The quantitative estimate of drug-likeness (QED) is 0.679. The molecule has 2 rings (SSSR count). The lowest BCUT2D eigenvalue weighted by atomic mass is 10.0. The van der Waals surface area contributed by atoms with Gasteiger partial charge in [0.15, 0.2) is 0 Å². The Bertz CT molecular complexity index is 579. The van der Waals surface area contributed by atoms with Crippen LogP contribution in [0.5, 0.6) is 0 Å². The molecule has 6 nitrogen and oxygen atoms in total. The molecule has 22 heavy (non-hydrogen) atoms. The van der Waals surface area contributed by atoms with Crippen molar-refractivity contribution >= 4 is 28.9 Å². The fraction of sp³-hybridized carbons (Fsp3) is 0.533. The number of benzene rings is 1. The summed E-state index contributed by atoms with van der Waals surface area (Å²) in [5.74, 6) is 0.0293. The highest BCUT2D eigenvalue weighted by Crippen LogP contribution is 2.27. The van der Waals surface area contributed by atoms with Gasteiger partial charge in [0, 0.05) is 24.7 Å². The van der Waals surface area contributed by atoms with Crippen LogP contribution >= 0.6 is 11.6 Å². The smallest absolute Gasteiger partial charge is 0.271 e. The topological polar surface area (TPSA) is 75.5 Å². The van der Waals surface area contributed by atoms with E-state index in [1.165, 1.54) is 18.2 Å². The second-order valence-electron chi connectivity index (χ2n) is 5.66. The second kappa shape index (κ2) is 6.96. The van der Waals surface area contributed by atoms with E-state index in [0.717, 1.165) is 25.8 Å². The summed E-state index contributed by atoms with van der Waals surface area (Å²) in [7, 11) is 0. The van der Waals surface area contributed by atoms with Crippen molar-refractivity contribution in [3.63, 3.8) is 0 Å². The Morgan fingerprint density at radius 1 is 1.50 bits per heavy atom. The van der Waals surface area contributed by atoms with Crippen LogP contribution in [0.3, 0.4) is 0 Å². The number of anilines is 1. The van der Waals surface area contributed by atoms with Gasteiger partial charge < -0.3 is 10.2 Å². The maximum Gasteiger partial charge on any atom is 0.271 e. The number of nitro groups is 1. The molecule has 0 saturated carbocycles. The third-order valence-corrected chi connectivity index (χ3v) is 4.30. The van der Waals surface area contributed by atoms with Crippen molar-refractivity contribution in [2.45, 2.75) is 45.2 Å². The van der Waals surface area contributed by atoms with E-state index >= 15 is 0 Å². The third-order valence-electron chi connectivity index (χ3n) is 3.99. The van der Waals surface area contributed by atoms with E-state index in [-0.39, 0.29) is 22.7 Å². The Balaban J connectivity index is 2.06. The molecule has 1 saturated heterocycles. The molecule has 1 aliphatic heterocycles. The predicted molar refractivity (Wildman–Crippen MR) is 86.2 cm³/mol. The van der Waals surface area contributed by atoms with E-state index in [1.54, 1.807) is 6.92 Å². The van der Waals surface area contributed by atoms with Gasteiger partial charge in [0.05, 0.1) is 15.6 Å². The zero-order valence-electron chi connectivity index (χ0n) is 12.7. The van der Waals surface area contributed by atoms with Gasteiger partial charge in [-0.25, -0.2) is 0 Å². The number of non-ortho nitro benzene ring substituents is 1. The number of hydrogen-bond acceptors (Lipinski definition) is 4. The van der Waals surface area contributed by atoms with Crippen molar-refractivity contribution in [1.29, 1.82) is 0 Å². The summed E-state index contributed by atoms with van der Waals surface area (Å²) in [6, 6.07) is 4.00. The molecule has 1 aromatic carbocycles. The van der Waals surface area contributed by atoms with Gasteiger partial charge in [-0.15, -0.1) is 0 Å². The molecule has 0 spiro atoms. The molecule has 1 aliphatic rings. The van der Waals surface area contributed by atoms with Crippen LogP contribution in [0.1, 0.15) is 33.1 Å². The Morgan fingerprint density at radius 3 is 2.82 bits per heavy atom. The molecule has 120 valence electrons. The van der Waals surface area contributed by atoms with E-state index < -0.39 is 11.0 Å². The zero-order valence-corrected chi connectivity index (χ0v) is 13.5. The number of nitro benzene ring substituents is 1. The van der Waals surface area contributed by atoms with Crippen molar-refractivity contribution in [3.05, 3.63) is 33.3 Å². The molecular formula is C15H20ClN3O3. The third kappa shape index (κ3) is 3.68. The van der Waals surface area contributed by atoms with Crippen LogP contribution in [-0.4, -0.2) is 34.4 Å². The molecule has 1 fully saturated rings. The van der Waals surface area contributed by atoms with Crippen LogP contribution in [0.15, 0.2) is 18.2 Å². The molecular weight excluding hydrogens is 306 g/mol. The van der Waals surface area contributed by atoms with Crippen molar-refractivity contribution < 1.29 is 9.72 Å². The van der Waals surface area contributed by atoms with Gasteiger partial charge in [-0.3, -0.25) is 14.9 Å². The first kappa shape index (κ1) is 16.5. The number of nitrogens with zero attached hydrogens (tertiary/aromatic N) is 2. The summed E-state index contributed by atoms with van der Waals surface area (Å²) >= 11 is 6.04. The summed E-state index contributed by atoms with van der Waals surface area (Å²) in [6.07, 6.45) is 3.21. The fourth-order valence-electron chi connectivity index (χ4n) is 2.70. The number of nitrogens with one attached hydrogen (secondary N) is 1. The van der Waals surface area contributed by atoms with E-state index in [9.17, 15) is 14.9 Å². The number of carbonyl (C=O) groups is 1. The number of carbonyl (C=O) groups excluding carboxylic acids is 1. The van der Waals surface area contributed by atoms with Crippen LogP contribution < -0.4 is 5.32 Å². The monoisotopic (exact) mass is 325 g/mol. The SMILES string of the molecule is CC(Nc1ccc([N+](=O)[O-])cc1Cl)C(=O)N1CCCCC1C. The minimum atomic E-state index is -0.500. The van der Waals surface area contributed by atoms with Gasteiger partial charge in [0.2, 0.25) is 5.91 Å². The van der Waals surface area contributed by atoms with Gasteiger partial charge in [0.25, 0.3) is 5.69 Å². The average Bonchev–Trinajstić information content (AvgIpc) is 2.48. The fourth-order valence-corrected chi connectivity index (χ4v) is 2.93. The van der Waals surface area contributed by atoms with E-state index in [0.29, 0.717) is 5.69 Å². The lowest BCUT2D eigenvalue weighted by Crippen LogP contribution is -2.48. The minimum absolute atomic E-state index is 0.0293. The van der Waals surface area contributed by atoms with Crippen molar-refractivity contribution in [3.8, 4) is 0 Å². The van der Waals surface area contributed by atoms with Crippen LogP contribution in [-0.2, 0) is 4.79 Å². The Morgan fingerprint density at radius 2 is 2.23 bits per heavy atom. The highest BCUT2D eigenvalue weighted by molar-refractivity contribution is 6.33. The number of amides is 1. The van der Waals surface area contributed by atoms with Gasteiger partial charge in [0.1, 0.15) is 6.04 Å². The molecule has 1 heterocycles.